The molecule has 5 nitrogen and oxygen atoms in total. The molecule has 1 aromatic rings. The molecular formula is C25H39N3O2. The van der Waals surface area contributed by atoms with E-state index in [1.807, 2.05) is 11.0 Å². The number of anilines is 1. The summed E-state index contributed by atoms with van der Waals surface area (Å²) >= 11 is 0. The summed E-state index contributed by atoms with van der Waals surface area (Å²) in [5, 5.41) is 0. The maximum atomic E-state index is 12.4. The molecule has 1 unspecified atom stereocenters. The van der Waals surface area contributed by atoms with Gasteiger partial charge in [-0.25, -0.2) is 0 Å². The maximum absolute atomic E-state index is 12.4. The van der Waals surface area contributed by atoms with Gasteiger partial charge in [0, 0.05) is 57.9 Å². The number of hydrogen-bond donors (Lipinski definition) is 0. The first-order valence-electron chi connectivity index (χ1n) is 11.6. The zero-order valence-corrected chi connectivity index (χ0v) is 18.9. The van der Waals surface area contributed by atoms with Crippen LogP contribution in [0.15, 0.2) is 36.9 Å². The second-order valence-electron chi connectivity index (χ2n) is 9.01. The molecule has 1 amide bonds. The largest absolute Gasteiger partial charge is 0.372 e. The van der Waals surface area contributed by atoms with Crippen LogP contribution in [0, 0.1) is 5.92 Å². The summed E-state index contributed by atoms with van der Waals surface area (Å²) in [5.41, 5.74) is 2.54. The van der Waals surface area contributed by atoms with Crippen LogP contribution in [0.25, 0.3) is 0 Å². The van der Waals surface area contributed by atoms with Gasteiger partial charge in [0.05, 0.1) is 12.7 Å². The molecule has 2 aliphatic heterocycles. The van der Waals surface area contributed by atoms with Gasteiger partial charge < -0.3 is 14.5 Å². The van der Waals surface area contributed by atoms with Crippen LogP contribution < -0.4 is 4.90 Å². The van der Waals surface area contributed by atoms with Crippen LogP contribution in [0.1, 0.15) is 51.2 Å². The van der Waals surface area contributed by atoms with Crippen LogP contribution in [-0.2, 0) is 9.53 Å². The molecule has 2 saturated heterocycles. The van der Waals surface area contributed by atoms with Gasteiger partial charge in [0.2, 0.25) is 5.91 Å². The molecule has 0 spiro atoms. The zero-order chi connectivity index (χ0) is 21.3. The summed E-state index contributed by atoms with van der Waals surface area (Å²) in [7, 11) is 0. The van der Waals surface area contributed by atoms with Crippen molar-refractivity contribution in [2.45, 2.75) is 45.6 Å². The van der Waals surface area contributed by atoms with Crippen LogP contribution in [0.5, 0.6) is 0 Å². The molecule has 3 rings (SSSR count). The highest BCUT2D eigenvalue weighted by Gasteiger charge is 2.24. The molecule has 166 valence electrons. The minimum absolute atomic E-state index is 0.0220. The molecule has 0 radical (unpaired) electrons. The van der Waals surface area contributed by atoms with Gasteiger partial charge in [-0.1, -0.05) is 32.1 Å². The fourth-order valence-electron chi connectivity index (χ4n) is 4.32. The zero-order valence-electron chi connectivity index (χ0n) is 18.9. The average Bonchev–Trinajstić information content (AvgIpc) is 3.30. The molecule has 5 heteroatoms. The Hall–Kier alpha value is -1.85. The average molecular weight is 414 g/mol. The summed E-state index contributed by atoms with van der Waals surface area (Å²) < 4.78 is 6.18. The van der Waals surface area contributed by atoms with Gasteiger partial charge in [-0.05, 0) is 42.9 Å². The first kappa shape index (κ1) is 22.8. The Labute approximate surface area is 182 Å². The fraction of sp³-hybridized carbons (Fsp3) is 0.640. The highest BCUT2D eigenvalue weighted by molar-refractivity contribution is 5.76. The standard InChI is InChI=1S/C25H39N3O2/c1-4-18-30-24(22-8-7-9-23(19-22)27-12-5-6-13-27)20-26-14-16-28(17-15-26)25(29)11-10-21(2)3/h4,7-9,19,21,24H,1,5-6,10-18,20H2,2-3H3. The van der Waals surface area contributed by atoms with Crippen LogP contribution in [-0.4, -0.2) is 68.1 Å². The van der Waals surface area contributed by atoms with Gasteiger partial charge in [-0.2, -0.15) is 0 Å². The highest BCUT2D eigenvalue weighted by atomic mass is 16.5. The Balaban J connectivity index is 1.57. The third-order valence-corrected chi connectivity index (χ3v) is 6.21. The number of nitrogens with zero attached hydrogens (tertiary/aromatic N) is 3. The number of hydrogen-bond acceptors (Lipinski definition) is 4. The first-order chi connectivity index (χ1) is 14.6. The van der Waals surface area contributed by atoms with E-state index in [1.54, 1.807) is 0 Å². The molecule has 0 saturated carbocycles. The molecule has 2 aliphatic rings. The van der Waals surface area contributed by atoms with Gasteiger partial charge in [0.15, 0.2) is 0 Å². The molecule has 0 aromatic heterocycles. The van der Waals surface area contributed by atoms with Crippen molar-refractivity contribution in [2.24, 2.45) is 5.92 Å². The summed E-state index contributed by atoms with van der Waals surface area (Å²) in [6.07, 6.45) is 6.05. The summed E-state index contributed by atoms with van der Waals surface area (Å²) in [6.45, 7) is 15.3. The Morgan fingerprint density at radius 2 is 1.87 bits per heavy atom. The minimum atomic E-state index is 0.0220. The molecule has 0 aliphatic carbocycles. The lowest BCUT2D eigenvalue weighted by atomic mass is 10.1. The number of benzene rings is 1. The van der Waals surface area contributed by atoms with Crippen molar-refractivity contribution in [3.8, 4) is 0 Å². The number of amides is 1. The van der Waals surface area contributed by atoms with Gasteiger partial charge >= 0.3 is 0 Å². The van der Waals surface area contributed by atoms with Gasteiger partial charge in [-0.3, -0.25) is 9.69 Å². The van der Waals surface area contributed by atoms with E-state index in [0.29, 0.717) is 24.9 Å². The molecule has 1 aromatic carbocycles. The molecule has 2 fully saturated rings. The number of piperazine rings is 1. The van der Waals surface area contributed by atoms with E-state index in [4.69, 9.17) is 4.74 Å². The predicted octanol–water partition coefficient (Wildman–Crippen LogP) is 4.11. The van der Waals surface area contributed by atoms with Crippen LogP contribution in [0.2, 0.25) is 0 Å². The lowest BCUT2D eigenvalue weighted by Gasteiger charge is -2.36. The number of rotatable bonds is 10. The first-order valence-corrected chi connectivity index (χ1v) is 11.6. The Kier molecular flexibility index (Phi) is 8.76. The quantitative estimate of drug-likeness (QED) is 0.541. The molecule has 2 heterocycles. The Morgan fingerprint density at radius 3 is 2.53 bits per heavy atom. The second-order valence-corrected chi connectivity index (χ2v) is 9.01. The van der Waals surface area contributed by atoms with Gasteiger partial charge in [0.25, 0.3) is 0 Å². The molecule has 1 atom stereocenters. The monoisotopic (exact) mass is 413 g/mol. The SMILES string of the molecule is C=CCOC(CN1CCN(C(=O)CCC(C)C)CC1)c1cccc(N2CCCC2)c1. The summed E-state index contributed by atoms with van der Waals surface area (Å²) in [4.78, 5) is 19.4. The third-order valence-electron chi connectivity index (χ3n) is 6.21. The van der Waals surface area contributed by atoms with E-state index in [9.17, 15) is 4.79 Å². The number of ether oxygens (including phenoxy) is 1. The van der Waals surface area contributed by atoms with Crippen molar-refractivity contribution < 1.29 is 9.53 Å². The second kappa shape index (κ2) is 11.5. The molecule has 30 heavy (non-hydrogen) atoms. The normalized spacial score (nSPS) is 18.8. The van der Waals surface area contributed by atoms with E-state index in [2.05, 4.69) is 54.5 Å². The molecule has 0 bridgehead atoms. The van der Waals surface area contributed by atoms with Crippen LogP contribution in [0.3, 0.4) is 0 Å². The van der Waals surface area contributed by atoms with E-state index in [1.165, 1.54) is 24.1 Å². The lowest BCUT2D eigenvalue weighted by molar-refractivity contribution is -0.133. The van der Waals surface area contributed by atoms with Gasteiger partial charge in [-0.15, -0.1) is 6.58 Å². The Bertz CT molecular complexity index is 677. The van der Waals surface area contributed by atoms with Crippen molar-refractivity contribution in [2.75, 3.05) is 57.3 Å². The van der Waals surface area contributed by atoms with E-state index >= 15 is 0 Å². The lowest BCUT2D eigenvalue weighted by Crippen LogP contribution is -2.49. The third kappa shape index (κ3) is 6.58. The smallest absolute Gasteiger partial charge is 0.222 e. The summed E-state index contributed by atoms with van der Waals surface area (Å²) in [5.74, 6) is 0.885. The number of carbonyl (C=O) groups excluding carboxylic acids is 1. The van der Waals surface area contributed by atoms with Crippen molar-refractivity contribution in [1.82, 2.24) is 9.80 Å². The van der Waals surface area contributed by atoms with Crippen LogP contribution >= 0.6 is 0 Å². The van der Waals surface area contributed by atoms with Crippen LogP contribution in [0.4, 0.5) is 5.69 Å². The van der Waals surface area contributed by atoms with E-state index in [-0.39, 0.29) is 6.10 Å². The highest BCUT2D eigenvalue weighted by Crippen LogP contribution is 2.27. The van der Waals surface area contributed by atoms with Crippen molar-refractivity contribution >= 4 is 11.6 Å². The number of carbonyl (C=O) groups is 1. The topological polar surface area (TPSA) is 36.0 Å². The maximum Gasteiger partial charge on any atom is 0.222 e. The van der Waals surface area contributed by atoms with Gasteiger partial charge in [0.1, 0.15) is 0 Å². The molecular weight excluding hydrogens is 374 g/mol. The molecule has 0 N–H and O–H groups in total. The predicted molar refractivity (Wildman–Crippen MR) is 124 cm³/mol. The Morgan fingerprint density at radius 1 is 1.13 bits per heavy atom. The van der Waals surface area contributed by atoms with E-state index < -0.39 is 0 Å². The van der Waals surface area contributed by atoms with Crippen molar-refractivity contribution in [1.29, 1.82) is 0 Å². The van der Waals surface area contributed by atoms with E-state index in [0.717, 1.165) is 52.2 Å². The van der Waals surface area contributed by atoms with Crippen molar-refractivity contribution in [3.05, 3.63) is 42.5 Å². The minimum Gasteiger partial charge on any atom is -0.372 e. The van der Waals surface area contributed by atoms with Crippen molar-refractivity contribution in [3.63, 3.8) is 0 Å². The summed E-state index contributed by atoms with van der Waals surface area (Å²) in [6, 6.07) is 8.84. The fourth-order valence-corrected chi connectivity index (χ4v) is 4.32.